The molecule has 3 nitrogen and oxygen atoms in total. The fourth-order valence-corrected chi connectivity index (χ4v) is 3.27. The average Bonchev–Trinajstić information content (AvgIpc) is 2.60. The predicted octanol–water partition coefficient (Wildman–Crippen LogP) is 3.40. The molecule has 0 aromatic carbocycles. The van der Waals surface area contributed by atoms with Crippen molar-refractivity contribution in [1.29, 1.82) is 0 Å². The quantitative estimate of drug-likeness (QED) is 0.860. The van der Waals surface area contributed by atoms with Crippen LogP contribution in [0.5, 0.6) is 0 Å². The SMILES string of the molecule is CCNC(C)(CC(C)(C)OC)c1nc(C)c(C)s1. The van der Waals surface area contributed by atoms with Crippen LogP contribution in [0.1, 0.15) is 49.7 Å². The van der Waals surface area contributed by atoms with Gasteiger partial charge in [-0.15, -0.1) is 11.3 Å². The number of aryl methyl sites for hydroxylation is 2. The van der Waals surface area contributed by atoms with Gasteiger partial charge >= 0.3 is 0 Å². The number of ether oxygens (including phenoxy) is 1. The average molecular weight is 270 g/mol. The largest absolute Gasteiger partial charge is 0.379 e. The molecular formula is C14H26N2OS. The second-order valence-corrected chi connectivity index (χ2v) is 6.87. The molecule has 18 heavy (non-hydrogen) atoms. The number of rotatable bonds is 6. The molecule has 1 unspecified atom stereocenters. The molecule has 0 spiro atoms. The van der Waals surface area contributed by atoms with Crippen molar-refractivity contribution in [1.82, 2.24) is 10.3 Å². The van der Waals surface area contributed by atoms with E-state index in [0.717, 1.165) is 23.7 Å². The molecule has 0 saturated heterocycles. The lowest BCUT2D eigenvalue weighted by atomic mass is 9.88. The molecule has 0 amide bonds. The van der Waals surface area contributed by atoms with Gasteiger partial charge in [-0.1, -0.05) is 6.92 Å². The molecular weight excluding hydrogens is 244 g/mol. The minimum Gasteiger partial charge on any atom is -0.379 e. The van der Waals surface area contributed by atoms with E-state index in [2.05, 4.69) is 46.9 Å². The van der Waals surface area contributed by atoms with Crippen molar-refractivity contribution >= 4 is 11.3 Å². The Kier molecular flexibility index (Phi) is 4.92. The lowest BCUT2D eigenvalue weighted by Gasteiger charge is -2.36. The highest BCUT2D eigenvalue weighted by Crippen LogP contribution is 2.35. The van der Waals surface area contributed by atoms with Crippen LogP contribution in [0.15, 0.2) is 0 Å². The van der Waals surface area contributed by atoms with E-state index in [1.165, 1.54) is 4.88 Å². The highest BCUT2D eigenvalue weighted by Gasteiger charge is 2.36. The first-order chi connectivity index (χ1) is 8.24. The Labute approximate surface area is 115 Å². The smallest absolute Gasteiger partial charge is 0.113 e. The minimum atomic E-state index is -0.162. The molecule has 0 bridgehead atoms. The van der Waals surface area contributed by atoms with E-state index >= 15 is 0 Å². The van der Waals surface area contributed by atoms with Crippen molar-refractivity contribution in [2.45, 2.75) is 59.1 Å². The van der Waals surface area contributed by atoms with E-state index in [4.69, 9.17) is 9.72 Å². The number of nitrogens with one attached hydrogen (secondary N) is 1. The Morgan fingerprint density at radius 1 is 1.28 bits per heavy atom. The zero-order valence-electron chi connectivity index (χ0n) is 12.7. The molecule has 104 valence electrons. The standard InChI is InChI=1S/C14H26N2OS/c1-8-15-14(6,9-13(4,5)17-7)12-16-10(2)11(3)18-12/h15H,8-9H2,1-7H3. The molecule has 1 atom stereocenters. The zero-order chi connectivity index (χ0) is 14.0. The topological polar surface area (TPSA) is 34.1 Å². The van der Waals surface area contributed by atoms with Crippen LogP contribution in [0.2, 0.25) is 0 Å². The normalized spacial score (nSPS) is 15.7. The first-order valence-electron chi connectivity index (χ1n) is 6.49. The fourth-order valence-electron chi connectivity index (χ4n) is 2.24. The number of hydrogen-bond acceptors (Lipinski definition) is 4. The lowest BCUT2D eigenvalue weighted by molar-refractivity contribution is -0.00704. The van der Waals surface area contributed by atoms with Crippen LogP contribution >= 0.6 is 11.3 Å². The highest BCUT2D eigenvalue weighted by molar-refractivity contribution is 7.11. The van der Waals surface area contributed by atoms with Gasteiger partial charge < -0.3 is 10.1 Å². The maximum atomic E-state index is 5.58. The summed E-state index contributed by atoms with van der Waals surface area (Å²) in [7, 11) is 1.77. The Balaban J connectivity index is 3.06. The maximum Gasteiger partial charge on any atom is 0.113 e. The molecule has 0 aliphatic carbocycles. The molecule has 4 heteroatoms. The molecule has 0 saturated carbocycles. The second kappa shape index (κ2) is 5.68. The zero-order valence-corrected chi connectivity index (χ0v) is 13.5. The van der Waals surface area contributed by atoms with E-state index in [9.17, 15) is 0 Å². The van der Waals surface area contributed by atoms with Crippen molar-refractivity contribution < 1.29 is 4.74 Å². The summed E-state index contributed by atoms with van der Waals surface area (Å²) in [6.45, 7) is 13.7. The van der Waals surface area contributed by atoms with Crippen molar-refractivity contribution in [2.24, 2.45) is 0 Å². The number of aromatic nitrogens is 1. The molecule has 1 rings (SSSR count). The van der Waals surface area contributed by atoms with E-state index in [1.807, 2.05) is 0 Å². The minimum absolute atomic E-state index is 0.127. The third-order valence-corrected chi connectivity index (χ3v) is 4.74. The second-order valence-electron chi connectivity index (χ2n) is 5.66. The van der Waals surface area contributed by atoms with Crippen LogP contribution in [-0.2, 0) is 10.3 Å². The molecule has 0 radical (unpaired) electrons. The third kappa shape index (κ3) is 3.53. The van der Waals surface area contributed by atoms with Crippen molar-refractivity contribution in [3.63, 3.8) is 0 Å². The molecule has 1 aromatic heterocycles. The van der Waals surface area contributed by atoms with Gasteiger partial charge in [0.25, 0.3) is 0 Å². The van der Waals surface area contributed by atoms with Crippen LogP contribution in [0.3, 0.4) is 0 Å². The van der Waals surface area contributed by atoms with Crippen LogP contribution in [0.4, 0.5) is 0 Å². The van der Waals surface area contributed by atoms with Crippen LogP contribution in [0, 0.1) is 13.8 Å². The summed E-state index contributed by atoms with van der Waals surface area (Å²) in [5.74, 6) is 0. The van der Waals surface area contributed by atoms with Crippen LogP contribution in [0.25, 0.3) is 0 Å². The van der Waals surface area contributed by atoms with Crippen LogP contribution in [-0.4, -0.2) is 24.2 Å². The molecule has 1 aromatic rings. The fraction of sp³-hybridized carbons (Fsp3) is 0.786. The van der Waals surface area contributed by atoms with Gasteiger partial charge in [0.2, 0.25) is 0 Å². The van der Waals surface area contributed by atoms with E-state index < -0.39 is 0 Å². The number of hydrogen-bond donors (Lipinski definition) is 1. The van der Waals surface area contributed by atoms with E-state index in [0.29, 0.717) is 0 Å². The van der Waals surface area contributed by atoms with Crippen molar-refractivity contribution in [2.75, 3.05) is 13.7 Å². The third-order valence-electron chi connectivity index (χ3n) is 3.40. The molecule has 1 heterocycles. The van der Waals surface area contributed by atoms with Gasteiger partial charge in [-0.2, -0.15) is 0 Å². The first kappa shape index (κ1) is 15.6. The Morgan fingerprint density at radius 3 is 2.28 bits per heavy atom. The van der Waals surface area contributed by atoms with Gasteiger partial charge in [0.05, 0.1) is 16.8 Å². The summed E-state index contributed by atoms with van der Waals surface area (Å²) in [6.07, 6.45) is 0.900. The number of nitrogens with zero attached hydrogens (tertiary/aromatic N) is 1. The van der Waals surface area contributed by atoms with Gasteiger partial charge in [-0.05, 0) is 41.2 Å². The number of thiazole rings is 1. The van der Waals surface area contributed by atoms with Gasteiger partial charge in [0.1, 0.15) is 5.01 Å². The summed E-state index contributed by atoms with van der Waals surface area (Å²) < 4.78 is 5.58. The highest BCUT2D eigenvalue weighted by atomic mass is 32.1. The molecule has 0 aliphatic rings. The molecule has 0 aliphatic heterocycles. The Hall–Kier alpha value is -0.450. The van der Waals surface area contributed by atoms with E-state index in [-0.39, 0.29) is 11.1 Å². The molecule has 0 fully saturated rings. The van der Waals surface area contributed by atoms with Crippen LogP contribution < -0.4 is 5.32 Å². The maximum absolute atomic E-state index is 5.58. The monoisotopic (exact) mass is 270 g/mol. The van der Waals surface area contributed by atoms with Crippen molar-refractivity contribution in [3.05, 3.63) is 15.6 Å². The summed E-state index contributed by atoms with van der Waals surface area (Å²) in [5.41, 5.74) is 0.844. The van der Waals surface area contributed by atoms with Gasteiger partial charge in [0, 0.05) is 18.4 Å². The summed E-state index contributed by atoms with van der Waals surface area (Å²) >= 11 is 1.78. The number of methoxy groups -OCH3 is 1. The van der Waals surface area contributed by atoms with Gasteiger partial charge in [-0.3, -0.25) is 0 Å². The lowest BCUT2D eigenvalue weighted by Crippen LogP contribution is -2.45. The summed E-state index contributed by atoms with van der Waals surface area (Å²) in [6, 6.07) is 0. The Morgan fingerprint density at radius 2 is 1.89 bits per heavy atom. The van der Waals surface area contributed by atoms with Crippen molar-refractivity contribution in [3.8, 4) is 0 Å². The van der Waals surface area contributed by atoms with Gasteiger partial charge in [-0.25, -0.2) is 4.98 Å². The Bertz CT molecular complexity index is 381. The van der Waals surface area contributed by atoms with E-state index in [1.54, 1.807) is 18.4 Å². The summed E-state index contributed by atoms with van der Waals surface area (Å²) in [4.78, 5) is 6.02. The van der Waals surface area contributed by atoms with Gasteiger partial charge in [0.15, 0.2) is 0 Å². The summed E-state index contributed by atoms with van der Waals surface area (Å²) in [5, 5.41) is 4.73. The predicted molar refractivity (Wildman–Crippen MR) is 78.3 cm³/mol. The first-order valence-corrected chi connectivity index (χ1v) is 7.30. The molecule has 1 N–H and O–H groups in total.